The highest BCUT2D eigenvalue weighted by Crippen LogP contribution is 2.14. The van der Waals surface area contributed by atoms with Crippen LogP contribution in [-0.2, 0) is 4.74 Å². The van der Waals surface area contributed by atoms with E-state index in [-0.39, 0.29) is 18.8 Å². The van der Waals surface area contributed by atoms with Crippen LogP contribution in [0.5, 0.6) is 0 Å². The SMILES string of the molecule is COCC1CN(c2ccncn2)CC(CF)N1. The molecule has 1 aromatic rings. The molecule has 0 bridgehead atoms. The van der Waals surface area contributed by atoms with Crippen molar-refractivity contribution in [2.45, 2.75) is 12.1 Å². The first-order chi connectivity index (χ1) is 8.33. The highest BCUT2D eigenvalue weighted by molar-refractivity contribution is 5.38. The van der Waals surface area contributed by atoms with Crippen molar-refractivity contribution >= 4 is 5.82 Å². The van der Waals surface area contributed by atoms with Gasteiger partial charge in [-0.15, -0.1) is 0 Å². The van der Waals surface area contributed by atoms with Crippen molar-refractivity contribution in [1.29, 1.82) is 0 Å². The molecule has 6 heteroatoms. The van der Waals surface area contributed by atoms with Crippen LogP contribution in [0.4, 0.5) is 10.2 Å². The van der Waals surface area contributed by atoms with Crippen LogP contribution in [0.3, 0.4) is 0 Å². The van der Waals surface area contributed by atoms with Gasteiger partial charge in [0, 0.05) is 32.4 Å². The van der Waals surface area contributed by atoms with Crippen LogP contribution in [0.15, 0.2) is 18.6 Å². The molecule has 0 spiro atoms. The quantitative estimate of drug-likeness (QED) is 0.817. The fourth-order valence-electron chi connectivity index (χ4n) is 2.10. The second-order valence-electron chi connectivity index (χ2n) is 4.14. The van der Waals surface area contributed by atoms with Gasteiger partial charge in [0.15, 0.2) is 0 Å². The second-order valence-corrected chi connectivity index (χ2v) is 4.14. The largest absolute Gasteiger partial charge is 0.383 e. The Morgan fingerprint density at radius 3 is 3.00 bits per heavy atom. The molecule has 2 unspecified atom stereocenters. The number of nitrogens with one attached hydrogen (secondary N) is 1. The molecule has 1 aromatic heterocycles. The minimum atomic E-state index is -0.387. The Morgan fingerprint density at radius 2 is 2.35 bits per heavy atom. The van der Waals surface area contributed by atoms with Crippen molar-refractivity contribution in [3.63, 3.8) is 0 Å². The molecule has 0 amide bonds. The van der Waals surface area contributed by atoms with E-state index in [1.165, 1.54) is 6.33 Å². The predicted octanol–water partition coefficient (Wildman–Crippen LogP) is 0.239. The van der Waals surface area contributed by atoms with Crippen molar-refractivity contribution in [3.8, 4) is 0 Å². The van der Waals surface area contributed by atoms with Gasteiger partial charge in [-0.05, 0) is 6.07 Å². The molecule has 2 rings (SSSR count). The van der Waals surface area contributed by atoms with E-state index >= 15 is 0 Å². The molecule has 1 aliphatic heterocycles. The van der Waals surface area contributed by atoms with E-state index in [4.69, 9.17) is 4.74 Å². The van der Waals surface area contributed by atoms with Crippen molar-refractivity contribution in [1.82, 2.24) is 15.3 Å². The molecule has 17 heavy (non-hydrogen) atoms. The first kappa shape index (κ1) is 12.2. The highest BCUT2D eigenvalue weighted by atomic mass is 19.1. The number of methoxy groups -OCH3 is 1. The Labute approximate surface area is 100 Å². The summed E-state index contributed by atoms with van der Waals surface area (Å²) in [5, 5.41) is 3.22. The number of rotatable bonds is 4. The van der Waals surface area contributed by atoms with E-state index in [2.05, 4.69) is 20.2 Å². The lowest BCUT2D eigenvalue weighted by Gasteiger charge is -2.38. The van der Waals surface area contributed by atoms with E-state index in [1.54, 1.807) is 13.3 Å². The highest BCUT2D eigenvalue weighted by Gasteiger charge is 2.26. The first-order valence-electron chi connectivity index (χ1n) is 5.65. The number of aromatic nitrogens is 2. The molecule has 94 valence electrons. The predicted molar refractivity (Wildman–Crippen MR) is 62.8 cm³/mol. The maximum absolute atomic E-state index is 12.8. The molecule has 0 saturated carbocycles. The molecule has 5 nitrogen and oxygen atoms in total. The van der Waals surface area contributed by atoms with Crippen LogP contribution in [-0.4, -0.2) is 55.5 Å². The summed E-state index contributed by atoms with van der Waals surface area (Å²) in [6, 6.07) is 1.80. The van der Waals surface area contributed by atoms with Gasteiger partial charge in [-0.2, -0.15) is 0 Å². The Balaban J connectivity index is 2.06. The zero-order valence-corrected chi connectivity index (χ0v) is 9.84. The van der Waals surface area contributed by atoms with Gasteiger partial charge in [0.25, 0.3) is 0 Å². The van der Waals surface area contributed by atoms with Crippen molar-refractivity contribution in [2.75, 3.05) is 38.4 Å². The van der Waals surface area contributed by atoms with Gasteiger partial charge in [-0.1, -0.05) is 0 Å². The number of hydrogen-bond donors (Lipinski definition) is 1. The first-order valence-corrected chi connectivity index (χ1v) is 5.65. The van der Waals surface area contributed by atoms with E-state index in [0.29, 0.717) is 13.2 Å². The third-order valence-corrected chi connectivity index (χ3v) is 2.80. The van der Waals surface area contributed by atoms with Crippen LogP contribution in [0, 0.1) is 0 Å². The number of piperazine rings is 1. The Morgan fingerprint density at radius 1 is 1.53 bits per heavy atom. The summed E-state index contributed by atoms with van der Waals surface area (Å²) in [6.07, 6.45) is 3.20. The van der Waals surface area contributed by atoms with Crippen LogP contribution >= 0.6 is 0 Å². The summed E-state index contributed by atoms with van der Waals surface area (Å²) in [5.74, 6) is 0.834. The molecule has 1 saturated heterocycles. The molecule has 2 heterocycles. The number of anilines is 1. The van der Waals surface area contributed by atoms with Gasteiger partial charge in [0.2, 0.25) is 0 Å². The van der Waals surface area contributed by atoms with Crippen LogP contribution in [0.1, 0.15) is 0 Å². The Hall–Kier alpha value is -1.27. The number of alkyl halides is 1. The normalized spacial score (nSPS) is 24.9. The zero-order chi connectivity index (χ0) is 12.1. The van der Waals surface area contributed by atoms with Gasteiger partial charge in [-0.25, -0.2) is 14.4 Å². The van der Waals surface area contributed by atoms with Gasteiger partial charge < -0.3 is 15.0 Å². The fraction of sp³-hybridized carbons (Fsp3) is 0.636. The third-order valence-electron chi connectivity index (χ3n) is 2.80. The van der Waals surface area contributed by atoms with Gasteiger partial charge in [-0.3, -0.25) is 0 Å². The summed E-state index contributed by atoms with van der Waals surface area (Å²) >= 11 is 0. The molecular weight excluding hydrogens is 223 g/mol. The number of halogens is 1. The maximum Gasteiger partial charge on any atom is 0.132 e. The molecule has 2 atom stereocenters. The number of nitrogens with zero attached hydrogens (tertiary/aromatic N) is 3. The second kappa shape index (κ2) is 5.88. The van der Waals surface area contributed by atoms with E-state index in [9.17, 15) is 4.39 Å². The smallest absolute Gasteiger partial charge is 0.132 e. The topological polar surface area (TPSA) is 50.3 Å². The fourth-order valence-corrected chi connectivity index (χ4v) is 2.10. The molecular formula is C11H17FN4O. The number of ether oxygens (including phenoxy) is 1. The Kier molecular flexibility index (Phi) is 4.22. The molecule has 1 aliphatic rings. The molecule has 1 fully saturated rings. The van der Waals surface area contributed by atoms with Crippen LogP contribution < -0.4 is 10.2 Å². The minimum absolute atomic E-state index is 0.129. The summed E-state index contributed by atoms with van der Waals surface area (Å²) in [7, 11) is 1.65. The lowest BCUT2D eigenvalue weighted by atomic mass is 10.1. The van der Waals surface area contributed by atoms with E-state index < -0.39 is 0 Å². The minimum Gasteiger partial charge on any atom is -0.383 e. The van der Waals surface area contributed by atoms with Gasteiger partial charge in [0.05, 0.1) is 12.6 Å². The summed E-state index contributed by atoms with van der Waals surface area (Å²) in [6.45, 7) is 1.56. The molecule has 1 N–H and O–H groups in total. The molecule has 0 aliphatic carbocycles. The average molecular weight is 240 g/mol. The van der Waals surface area contributed by atoms with Gasteiger partial charge in [0.1, 0.15) is 18.8 Å². The summed E-state index contributed by atoms with van der Waals surface area (Å²) in [5.41, 5.74) is 0. The Bertz CT molecular complexity index is 338. The average Bonchev–Trinajstić information content (AvgIpc) is 2.40. The van der Waals surface area contributed by atoms with E-state index in [0.717, 1.165) is 12.4 Å². The molecule has 0 radical (unpaired) electrons. The summed E-state index contributed by atoms with van der Waals surface area (Å²) in [4.78, 5) is 10.1. The standard InChI is InChI=1S/C11H17FN4O/c1-17-7-10-6-16(5-9(4-12)15-10)11-2-3-13-8-14-11/h2-3,8-10,15H,4-7H2,1H3. The van der Waals surface area contributed by atoms with Crippen molar-refractivity contribution in [3.05, 3.63) is 18.6 Å². The lowest BCUT2D eigenvalue weighted by Crippen LogP contribution is -2.59. The lowest BCUT2D eigenvalue weighted by molar-refractivity contribution is 0.149. The van der Waals surface area contributed by atoms with Crippen LogP contribution in [0.2, 0.25) is 0 Å². The van der Waals surface area contributed by atoms with Crippen molar-refractivity contribution in [2.24, 2.45) is 0 Å². The number of hydrogen-bond acceptors (Lipinski definition) is 5. The zero-order valence-electron chi connectivity index (χ0n) is 9.84. The molecule has 0 aromatic carbocycles. The van der Waals surface area contributed by atoms with E-state index in [1.807, 2.05) is 6.07 Å². The van der Waals surface area contributed by atoms with Gasteiger partial charge >= 0.3 is 0 Å². The third kappa shape index (κ3) is 3.10. The van der Waals surface area contributed by atoms with Crippen LogP contribution in [0.25, 0.3) is 0 Å². The maximum atomic E-state index is 12.8. The monoisotopic (exact) mass is 240 g/mol. The van der Waals surface area contributed by atoms with Crippen molar-refractivity contribution < 1.29 is 9.13 Å². The summed E-state index contributed by atoms with van der Waals surface area (Å²) < 4.78 is 17.9.